The molecule has 3 rings (SSSR count). The van der Waals surface area contributed by atoms with Crippen molar-refractivity contribution in [2.75, 3.05) is 17.7 Å². The van der Waals surface area contributed by atoms with Crippen LogP contribution in [0.2, 0.25) is 0 Å². The van der Waals surface area contributed by atoms with Crippen molar-refractivity contribution >= 4 is 23.0 Å². The van der Waals surface area contributed by atoms with Gasteiger partial charge in [0.05, 0.1) is 12.8 Å². The van der Waals surface area contributed by atoms with Gasteiger partial charge in [0.1, 0.15) is 23.7 Å². The monoisotopic (exact) mass is 328 g/mol. The van der Waals surface area contributed by atoms with E-state index in [0.29, 0.717) is 23.1 Å². The largest absolute Gasteiger partial charge is 0.495 e. The van der Waals surface area contributed by atoms with E-state index in [2.05, 4.69) is 20.6 Å². The number of ether oxygens (including phenoxy) is 1. The van der Waals surface area contributed by atoms with Crippen molar-refractivity contribution in [2.45, 2.75) is 0 Å². The molecule has 0 saturated heterocycles. The van der Waals surface area contributed by atoms with Crippen LogP contribution in [0.3, 0.4) is 0 Å². The molecule has 0 unspecified atom stereocenters. The Morgan fingerprint density at radius 3 is 2.38 bits per heavy atom. The number of benzene rings is 2. The first kappa shape index (κ1) is 15.7. The molecule has 0 amide bonds. The van der Waals surface area contributed by atoms with Crippen molar-refractivity contribution in [3.8, 4) is 5.75 Å². The van der Waals surface area contributed by atoms with Gasteiger partial charge in [0.2, 0.25) is 0 Å². The topological polar surface area (TPSA) is 59.1 Å². The first-order valence-corrected chi connectivity index (χ1v) is 7.10. The standard InChI is InChI=1S/C17H14F2N4O/c1-24-15-5-3-2-4-14(15)23-17-9-16(20-10-21-17)22-11-6-7-12(18)13(19)8-11/h2-10H,1H3,(H2,20,21,22,23). The number of para-hydroxylation sites is 2. The van der Waals surface area contributed by atoms with Gasteiger partial charge in [0.25, 0.3) is 0 Å². The summed E-state index contributed by atoms with van der Waals surface area (Å²) in [6.45, 7) is 0. The molecular weight excluding hydrogens is 314 g/mol. The first-order chi connectivity index (χ1) is 11.7. The summed E-state index contributed by atoms with van der Waals surface area (Å²) in [4.78, 5) is 8.19. The minimum absolute atomic E-state index is 0.385. The first-order valence-electron chi connectivity index (χ1n) is 7.10. The molecule has 1 heterocycles. The van der Waals surface area contributed by atoms with Gasteiger partial charge < -0.3 is 15.4 Å². The predicted octanol–water partition coefficient (Wildman–Crippen LogP) is 4.25. The van der Waals surface area contributed by atoms with Crippen LogP contribution in [-0.2, 0) is 0 Å². The zero-order chi connectivity index (χ0) is 16.9. The minimum Gasteiger partial charge on any atom is -0.495 e. The highest BCUT2D eigenvalue weighted by Crippen LogP contribution is 2.27. The van der Waals surface area contributed by atoms with E-state index in [1.807, 2.05) is 24.3 Å². The van der Waals surface area contributed by atoms with Crippen molar-refractivity contribution in [2.24, 2.45) is 0 Å². The summed E-state index contributed by atoms with van der Waals surface area (Å²) in [6, 6.07) is 12.6. The number of rotatable bonds is 5. The fraction of sp³-hybridized carbons (Fsp3) is 0.0588. The van der Waals surface area contributed by atoms with E-state index in [-0.39, 0.29) is 0 Å². The molecule has 1 aromatic heterocycles. The Labute approximate surface area is 137 Å². The summed E-state index contributed by atoms with van der Waals surface area (Å²) in [5.74, 6) is -0.192. The zero-order valence-corrected chi connectivity index (χ0v) is 12.8. The van der Waals surface area contributed by atoms with Gasteiger partial charge in [0.15, 0.2) is 11.6 Å². The molecular formula is C17H14F2N4O. The summed E-state index contributed by atoms with van der Waals surface area (Å²) in [5, 5.41) is 6.02. The molecule has 0 radical (unpaired) electrons. The normalized spacial score (nSPS) is 10.3. The Balaban J connectivity index is 1.80. The quantitative estimate of drug-likeness (QED) is 0.733. The van der Waals surface area contributed by atoms with Crippen molar-refractivity contribution in [1.82, 2.24) is 9.97 Å². The van der Waals surface area contributed by atoms with Crippen LogP contribution in [-0.4, -0.2) is 17.1 Å². The van der Waals surface area contributed by atoms with Gasteiger partial charge in [-0.2, -0.15) is 0 Å². The predicted molar refractivity (Wildman–Crippen MR) is 87.9 cm³/mol. The number of nitrogens with zero attached hydrogens (tertiary/aromatic N) is 2. The molecule has 122 valence electrons. The average Bonchev–Trinajstić information content (AvgIpc) is 2.59. The van der Waals surface area contributed by atoms with E-state index >= 15 is 0 Å². The number of aromatic nitrogens is 2. The summed E-state index contributed by atoms with van der Waals surface area (Å²) in [7, 11) is 1.58. The van der Waals surface area contributed by atoms with Crippen LogP contribution in [0.15, 0.2) is 54.9 Å². The van der Waals surface area contributed by atoms with E-state index in [4.69, 9.17) is 4.74 Å². The molecule has 0 bridgehead atoms. The molecule has 7 heteroatoms. The number of halogens is 2. The molecule has 0 aliphatic rings. The van der Waals surface area contributed by atoms with E-state index in [1.165, 1.54) is 12.4 Å². The molecule has 0 atom stereocenters. The third-order valence-corrected chi connectivity index (χ3v) is 3.23. The van der Waals surface area contributed by atoms with Gasteiger partial charge in [-0.05, 0) is 24.3 Å². The van der Waals surface area contributed by atoms with Crippen molar-refractivity contribution in [1.29, 1.82) is 0 Å². The zero-order valence-electron chi connectivity index (χ0n) is 12.8. The second-order valence-corrected chi connectivity index (χ2v) is 4.87. The lowest BCUT2D eigenvalue weighted by molar-refractivity contribution is 0.417. The molecule has 0 aliphatic heterocycles. The fourth-order valence-corrected chi connectivity index (χ4v) is 2.10. The molecule has 0 fully saturated rings. The fourth-order valence-electron chi connectivity index (χ4n) is 2.10. The van der Waals surface area contributed by atoms with Crippen molar-refractivity contribution in [3.05, 3.63) is 66.5 Å². The Bertz CT molecular complexity index is 857. The number of anilines is 4. The summed E-state index contributed by atoms with van der Waals surface area (Å²) >= 11 is 0. The van der Waals surface area contributed by atoms with Crippen LogP contribution in [0.4, 0.5) is 31.8 Å². The second kappa shape index (κ2) is 6.91. The maximum atomic E-state index is 13.3. The SMILES string of the molecule is COc1ccccc1Nc1cc(Nc2ccc(F)c(F)c2)ncn1. The van der Waals surface area contributed by atoms with Gasteiger partial charge >= 0.3 is 0 Å². The highest BCUT2D eigenvalue weighted by molar-refractivity contribution is 5.66. The van der Waals surface area contributed by atoms with E-state index in [0.717, 1.165) is 17.8 Å². The van der Waals surface area contributed by atoms with Crippen LogP contribution >= 0.6 is 0 Å². The highest BCUT2D eigenvalue weighted by Gasteiger charge is 2.06. The Morgan fingerprint density at radius 1 is 0.875 bits per heavy atom. The number of hydrogen-bond donors (Lipinski definition) is 2. The third-order valence-electron chi connectivity index (χ3n) is 3.23. The van der Waals surface area contributed by atoms with Gasteiger partial charge in [-0.3, -0.25) is 0 Å². The Hall–Kier alpha value is -3.22. The Kier molecular flexibility index (Phi) is 4.51. The summed E-state index contributed by atoms with van der Waals surface area (Å²) in [6.07, 6.45) is 1.36. The molecule has 0 spiro atoms. The average molecular weight is 328 g/mol. The van der Waals surface area contributed by atoms with Gasteiger partial charge in [0, 0.05) is 17.8 Å². The van der Waals surface area contributed by atoms with Gasteiger partial charge in [-0.1, -0.05) is 12.1 Å². The maximum absolute atomic E-state index is 13.3. The van der Waals surface area contributed by atoms with Crippen LogP contribution in [0.25, 0.3) is 0 Å². The van der Waals surface area contributed by atoms with Crippen LogP contribution in [0.5, 0.6) is 5.75 Å². The van der Waals surface area contributed by atoms with E-state index < -0.39 is 11.6 Å². The van der Waals surface area contributed by atoms with Crippen LogP contribution < -0.4 is 15.4 Å². The maximum Gasteiger partial charge on any atom is 0.160 e. The smallest absolute Gasteiger partial charge is 0.160 e. The summed E-state index contributed by atoms with van der Waals surface area (Å²) < 4.78 is 31.5. The lowest BCUT2D eigenvalue weighted by Crippen LogP contribution is -2.00. The van der Waals surface area contributed by atoms with Crippen molar-refractivity contribution < 1.29 is 13.5 Å². The number of methoxy groups -OCH3 is 1. The van der Waals surface area contributed by atoms with Gasteiger partial charge in [-0.25, -0.2) is 18.7 Å². The van der Waals surface area contributed by atoms with E-state index in [9.17, 15) is 8.78 Å². The second-order valence-electron chi connectivity index (χ2n) is 4.87. The minimum atomic E-state index is -0.929. The lowest BCUT2D eigenvalue weighted by atomic mass is 10.3. The molecule has 5 nitrogen and oxygen atoms in total. The van der Waals surface area contributed by atoms with Crippen molar-refractivity contribution in [3.63, 3.8) is 0 Å². The van der Waals surface area contributed by atoms with Crippen LogP contribution in [0, 0.1) is 11.6 Å². The molecule has 2 N–H and O–H groups in total. The number of hydrogen-bond acceptors (Lipinski definition) is 5. The number of nitrogens with one attached hydrogen (secondary N) is 2. The summed E-state index contributed by atoms with van der Waals surface area (Å²) in [5.41, 5.74) is 1.13. The molecule has 3 aromatic rings. The molecule has 2 aromatic carbocycles. The molecule has 24 heavy (non-hydrogen) atoms. The van der Waals surface area contributed by atoms with E-state index in [1.54, 1.807) is 13.2 Å². The van der Waals surface area contributed by atoms with Crippen LogP contribution in [0.1, 0.15) is 0 Å². The lowest BCUT2D eigenvalue weighted by Gasteiger charge is -2.11. The third kappa shape index (κ3) is 3.57. The highest BCUT2D eigenvalue weighted by atomic mass is 19.2. The molecule has 0 saturated carbocycles. The molecule has 0 aliphatic carbocycles. The Morgan fingerprint density at radius 2 is 1.62 bits per heavy atom. The van der Waals surface area contributed by atoms with Gasteiger partial charge in [-0.15, -0.1) is 0 Å².